The number of quaternary nitrogens is 1. The molecule has 3 aromatic heterocycles. The quantitative estimate of drug-likeness (QED) is 0.145. The van der Waals surface area contributed by atoms with Crippen molar-refractivity contribution < 1.29 is 42.1 Å². The second kappa shape index (κ2) is 13.6. The molecular formula is C32H33ClF3N10O6+. The third kappa shape index (κ3) is 6.81. The Kier molecular flexibility index (Phi) is 9.53. The zero-order valence-electron chi connectivity index (χ0n) is 28.0. The summed E-state index contributed by atoms with van der Waals surface area (Å²) in [5.74, 6) is -1.60. The predicted octanol–water partition coefficient (Wildman–Crippen LogP) is 3.20. The number of likely N-dealkylation sites (tertiary alicyclic amines) is 1. The predicted molar refractivity (Wildman–Crippen MR) is 179 cm³/mol. The van der Waals surface area contributed by atoms with E-state index in [0.29, 0.717) is 30.5 Å². The van der Waals surface area contributed by atoms with Gasteiger partial charge in [0.1, 0.15) is 12.3 Å². The minimum atomic E-state index is -4.92. The Labute approximate surface area is 298 Å². The molecule has 5 heterocycles. The maximum atomic E-state index is 14.0. The number of piperazine rings is 1. The van der Waals surface area contributed by atoms with E-state index in [1.807, 2.05) is 14.1 Å². The van der Waals surface area contributed by atoms with Gasteiger partial charge < -0.3 is 29.3 Å². The Morgan fingerprint density at radius 2 is 1.77 bits per heavy atom. The number of rotatable bonds is 7. The number of likely N-dealkylation sites (N-methyl/N-ethyl adjacent to an activating group) is 1. The Morgan fingerprint density at radius 1 is 1.08 bits per heavy atom. The Balaban J connectivity index is 1.15. The number of hydrogen-bond donors (Lipinski definition) is 3. The highest BCUT2D eigenvalue weighted by Crippen LogP contribution is 2.41. The number of nitrogens with zero attached hydrogens (tertiary/aromatic N) is 8. The molecule has 4 aromatic rings. The monoisotopic (exact) mass is 745 g/mol. The second-order valence-corrected chi connectivity index (χ2v) is 13.5. The van der Waals surface area contributed by atoms with Gasteiger partial charge in [0.2, 0.25) is 0 Å². The molecule has 3 amide bonds. The van der Waals surface area contributed by atoms with Crippen LogP contribution in [0.4, 0.5) is 24.5 Å². The molecule has 6 rings (SSSR count). The third-order valence-corrected chi connectivity index (χ3v) is 9.72. The highest BCUT2D eigenvalue weighted by Gasteiger charge is 2.49. The Hall–Kier alpha value is -5.40. The number of H-pyrrole nitrogens is 1. The van der Waals surface area contributed by atoms with Gasteiger partial charge in [-0.3, -0.25) is 29.6 Å². The molecule has 0 spiro atoms. The molecule has 0 bridgehead atoms. The lowest BCUT2D eigenvalue weighted by Crippen LogP contribution is -2.60. The maximum Gasteiger partial charge on any atom is 0.435 e. The highest BCUT2D eigenvalue weighted by molar-refractivity contribution is 6.34. The minimum absolute atomic E-state index is 0.0309. The molecule has 20 heteroatoms. The number of nitrogens with one attached hydrogen (secondary N) is 2. The van der Waals surface area contributed by atoms with Crippen molar-refractivity contribution in [2.24, 2.45) is 7.05 Å². The summed E-state index contributed by atoms with van der Waals surface area (Å²) in [6, 6.07) is 5.92. The van der Waals surface area contributed by atoms with Crippen molar-refractivity contribution in [1.29, 1.82) is 0 Å². The van der Waals surface area contributed by atoms with E-state index in [4.69, 9.17) is 11.6 Å². The second-order valence-electron chi connectivity index (χ2n) is 13.1. The molecule has 52 heavy (non-hydrogen) atoms. The van der Waals surface area contributed by atoms with Crippen molar-refractivity contribution in [1.82, 2.24) is 34.5 Å². The molecule has 2 aliphatic rings. The van der Waals surface area contributed by atoms with Gasteiger partial charge in [0.15, 0.2) is 17.6 Å². The number of aliphatic hydroxyl groups excluding tert-OH is 1. The normalized spacial score (nSPS) is 18.8. The van der Waals surface area contributed by atoms with E-state index in [2.05, 4.69) is 25.5 Å². The number of pyridine rings is 1. The maximum absolute atomic E-state index is 14.0. The lowest BCUT2D eigenvalue weighted by molar-refractivity contribution is -0.895. The number of carbonyl (C=O) groups is 3. The fourth-order valence-electron chi connectivity index (χ4n) is 6.61. The van der Waals surface area contributed by atoms with E-state index < -0.39 is 40.4 Å². The fourth-order valence-corrected chi connectivity index (χ4v) is 6.87. The molecule has 2 fully saturated rings. The van der Waals surface area contributed by atoms with Gasteiger partial charge in [-0.05, 0) is 24.3 Å². The number of hydrogen-bond acceptors (Lipinski definition) is 9. The first-order valence-corrected chi connectivity index (χ1v) is 16.3. The number of aromatic amines is 1. The van der Waals surface area contributed by atoms with E-state index in [9.17, 15) is 42.8 Å². The van der Waals surface area contributed by atoms with Gasteiger partial charge >= 0.3 is 6.18 Å². The summed E-state index contributed by atoms with van der Waals surface area (Å²) in [6.07, 6.45) is -3.15. The van der Waals surface area contributed by atoms with Gasteiger partial charge in [0.05, 0.1) is 65.0 Å². The first kappa shape index (κ1) is 36.4. The zero-order chi connectivity index (χ0) is 37.7. The van der Waals surface area contributed by atoms with Gasteiger partial charge in [-0.1, -0.05) is 11.6 Å². The molecule has 0 radical (unpaired) electrons. The van der Waals surface area contributed by atoms with Crippen LogP contribution in [0.2, 0.25) is 5.02 Å². The fraction of sp³-hybridized carbons (Fsp3) is 0.375. The first-order valence-electron chi connectivity index (χ1n) is 16.0. The van der Waals surface area contributed by atoms with Crippen molar-refractivity contribution >= 4 is 40.7 Å². The van der Waals surface area contributed by atoms with E-state index in [-0.39, 0.29) is 69.8 Å². The molecule has 274 valence electrons. The SMILES string of the molecule is Cn1c(-c2c(C(F)(F)F)n[nH]c2-c2ccc([N+](=O)[O-])cn2)cnc1C(=O)Nc1ccc(C(=O)N2CCN(C(=O)[C@@H]3[C@@H](O)CC[N+]3(C)C)CC2)c(Cl)c1. The van der Waals surface area contributed by atoms with Gasteiger partial charge in [-0.15, -0.1) is 0 Å². The van der Waals surface area contributed by atoms with Crippen molar-refractivity contribution in [3.05, 3.63) is 74.9 Å². The third-order valence-electron chi connectivity index (χ3n) is 9.40. The molecule has 0 unspecified atom stereocenters. The van der Waals surface area contributed by atoms with E-state index in [1.54, 1.807) is 9.80 Å². The topological polar surface area (TPSA) is 192 Å². The standard InChI is InChI=1S/C32H32ClF3N10O6/c1-42-22(24-25(40-41-27(24)32(34,35)36)21-7-5-18(15-37-21)45(51)52)16-38-28(42)29(48)39-17-4-6-19(20(33)14-17)30(49)43-9-11-44(12-10-43)31(50)26-23(47)8-13-46(26,2)3/h4-7,14-16,23,26,47H,8-13H2,1-3H3,(H-,37,39,40,41,48,49)/p+1/t23-,26-/m0/s1. The Morgan fingerprint density at radius 3 is 2.35 bits per heavy atom. The van der Waals surface area contributed by atoms with Crippen LogP contribution in [0.5, 0.6) is 0 Å². The molecule has 16 nitrogen and oxygen atoms in total. The van der Waals surface area contributed by atoms with Crippen LogP contribution in [0.1, 0.15) is 33.1 Å². The van der Waals surface area contributed by atoms with Crippen LogP contribution < -0.4 is 5.32 Å². The number of anilines is 1. The summed E-state index contributed by atoms with van der Waals surface area (Å²) in [6.45, 7) is 1.78. The van der Waals surface area contributed by atoms with Crippen LogP contribution in [-0.4, -0.2) is 126 Å². The highest BCUT2D eigenvalue weighted by atomic mass is 35.5. The van der Waals surface area contributed by atoms with Crippen LogP contribution in [0.3, 0.4) is 0 Å². The van der Waals surface area contributed by atoms with Crippen LogP contribution in [0.15, 0.2) is 42.7 Å². The van der Waals surface area contributed by atoms with E-state index in [1.165, 1.54) is 31.3 Å². The van der Waals surface area contributed by atoms with Crippen molar-refractivity contribution in [2.75, 3.05) is 52.1 Å². The summed E-state index contributed by atoms with van der Waals surface area (Å²) >= 11 is 6.48. The lowest BCUT2D eigenvalue weighted by Gasteiger charge is -2.39. The molecular weight excluding hydrogens is 713 g/mol. The summed E-state index contributed by atoms with van der Waals surface area (Å²) in [5, 5.41) is 29.8. The largest absolute Gasteiger partial charge is 0.435 e. The smallest absolute Gasteiger partial charge is 0.386 e. The number of imidazole rings is 1. The molecule has 2 atom stereocenters. The van der Waals surface area contributed by atoms with E-state index in [0.717, 1.165) is 23.0 Å². The number of benzene rings is 1. The molecule has 1 aromatic carbocycles. The lowest BCUT2D eigenvalue weighted by atomic mass is 10.1. The number of halogens is 4. The van der Waals surface area contributed by atoms with Crippen LogP contribution in [0, 0.1) is 10.1 Å². The average molecular weight is 746 g/mol. The van der Waals surface area contributed by atoms with Gasteiger partial charge in [0.25, 0.3) is 23.4 Å². The van der Waals surface area contributed by atoms with Crippen molar-refractivity contribution in [2.45, 2.75) is 24.7 Å². The van der Waals surface area contributed by atoms with Gasteiger partial charge in [-0.2, -0.15) is 18.3 Å². The number of nitro groups is 1. The van der Waals surface area contributed by atoms with Crippen LogP contribution in [0.25, 0.3) is 22.6 Å². The van der Waals surface area contributed by atoms with E-state index >= 15 is 0 Å². The van der Waals surface area contributed by atoms with Crippen molar-refractivity contribution in [3.63, 3.8) is 0 Å². The Bertz CT molecular complexity index is 2060. The molecule has 2 aliphatic heterocycles. The number of aromatic nitrogens is 5. The summed E-state index contributed by atoms with van der Waals surface area (Å²) in [5.41, 5.74) is -2.23. The number of amides is 3. The zero-order valence-corrected chi connectivity index (χ0v) is 28.8. The minimum Gasteiger partial charge on any atom is -0.386 e. The number of aliphatic hydroxyl groups is 1. The molecule has 2 saturated heterocycles. The first-order chi connectivity index (χ1) is 24.5. The molecule has 0 saturated carbocycles. The average Bonchev–Trinajstić information content (AvgIpc) is 3.78. The summed E-state index contributed by atoms with van der Waals surface area (Å²) in [7, 11) is 5.15. The number of alkyl halides is 3. The van der Waals surface area contributed by atoms with Gasteiger partial charge in [0, 0.05) is 51.4 Å². The summed E-state index contributed by atoms with van der Waals surface area (Å²) < 4.78 is 43.7. The molecule has 0 aliphatic carbocycles. The van der Waals surface area contributed by atoms with Crippen molar-refractivity contribution in [3.8, 4) is 22.6 Å². The van der Waals surface area contributed by atoms with Crippen LogP contribution >= 0.6 is 11.6 Å². The number of carbonyl (C=O) groups excluding carboxylic acids is 3. The molecule has 3 N–H and O–H groups in total. The summed E-state index contributed by atoms with van der Waals surface area (Å²) in [4.78, 5) is 61.4. The van der Waals surface area contributed by atoms with Crippen LogP contribution in [-0.2, 0) is 18.0 Å². The van der Waals surface area contributed by atoms with Gasteiger partial charge in [-0.25, -0.2) is 9.97 Å².